The quantitative estimate of drug-likeness (QED) is 0.862. The van der Waals surface area contributed by atoms with E-state index in [-0.39, 0.29) is 5.56 Å². The second-order valence-electron chi connectivity index (χ2n) is 5.28. The van der Waals surface area contributed by atoms with Gasteiger partial charge in [0.15, 0.2) is 0 Å². The number of hydrogen-bond donors (Lipinski definition) is 1. The molecule has 104 valence electrons. The molecule has 0 aromatic heterocycles. The van der Waals surface area contributed by atoms with Gasteiger partial charge in [0.05, 0.1) is 13.0 Å². The van der Waals surface area contributed by atoms with Crippen molar-refractivity contribution in [2.75, 3.05) is 7.05 Å². The van der Waals surface area contributed by atoms with E-state index in [1.165, 1.54) is 16.0 Å². The van der Waals surface area contributed by atoms with Crippen molar-refractivity contribution in [2.45, 2.75) is 20.0 Å². The number of carbonyl (C=O) groups excluding carboxylic acids is 1. The zero-order chi connectivity index (χ0) is 14.5. The Morgan fingerprint density at radius 3 is 1.85 bits per heavy atom. The molecule has 0 fully saturated rings. The van der Waals surface area contributed by atoms with Gasteiger partial charge in [-0.1, -0.05) is 54.1 Å². The summed E-state index contributed by atoms with van der Waals surface area (Å²) < 4.78 is 0. The van der Waals surface area contributed by atoms with Crippen LogP contribution in [0.4, 0.5) is 0 Å². The number of carboxylic acids is 1. The van der Waals surface area contributed by atoms with Gasteiger partial charge in [-0.15, -0.1) is 0 Å². The van der Waals surface area contributed by atoms with Crippen molar-refractivity contribution < 1.29 is 14.8 Å². The Morgan fingerprint density at radius 2 is 1.40 bits per heavy atom. The number of aryl methyl sites for hydroxylation is 1. The Morgan fingerprint density at radius 1 is 0.950 bits per heavy atom. The highest BCUT2D eigenvalue weighted by molar-refractivity contribution is 5.85. The maximum atomic E-state index is 10.7. The minimum Gasteiger partial charge on any atom is -0.545 e. The SMILES string of the molecule is Cc1ccc(C[NH+](C)Cc2ccc(C(=O)[O-])cc2)cc1. The van der Waals surface area contributed by atoms with Crippen LogP contribution in [0.5, 0.6) is 0 Å². The van der Waals surface area contributed by atoms with Crippen molar-refractivity contribution in [3.05, 3.63) is 70.8 Å². The molecule has 20 heavy (non-hydrogen) atoms. The Kier molecular flexibility index (Phi) is 4.53. The van der Waals surface area contributed by atoms with E-state index in [1.807, 2.05) is 12.1 Å². The molecule has 0 amide bonds. The van der Waals surface area contributed by atoms with Crippen LogP contribution in [-0.4, -0.2) is 13.0 Å². The fourth-order valence-corrected chi connectivity index (χ4v) is 2.22. The van der Waals surface area contributed by atoms with Crippen molar-refractivity contribution >= 4 is 5.97 Å². The molecular formula is C17H19NO2. The van der Waals surface area contributed by atoms with Gasteiger partial charge in [-0.2, -0.15) is 0 Å². The number of carbonyl (C=O) groups is 1. The fourth-order valence-electron chi connectivity index (χ4n) is 2.22. The molecule has 3 nitrogen and oxygen atoms in total. The van der Waals surface area contributed by atoms with Gasteiger partial charge < -0.3 is 14.8 Å². The largest absolute Gasteiger partial charge is 0.545 e. The molecule has 2 aromatic carbocycles. The number of aromatic carboxylic acids is 1. The maximum absolute atomic E-state index is 10.7. The standard InChI is InChI=1S/C17H19NO2/c1-13-3-5-14(6-4-13)11-18(2)12-15-7-9-16(10-8-15)17(19)20/h3-10H,11-12H2,1-2H3,(H,19,20). The second-order valence-corrected chi connectivity index (χ2v) is 5.28. The zero-order valence-corrected chi connectivity index (χ0v) is 11.8. The topological polar surface area (TPSA) is 44.6 Å². The van der Waals surface area contributed by atoms with Crippen LogP contribution in [0.3, 0.4) is 0 Å². The molecular weight excluding hydrogens is 250 g/mol. The average Bonchev–Trinajstić information content (AvgIpc) is 2.42. The van der Waals surface area contributed by atoms with E-state index in [1.54, 1.807) is 12.1 Å². The summed E-state index contributed by atoms with van der Waals surface area (Å²) in [5, 5.41) is 10.7. The summed E-state index contributed by atoms with van der Waals surface area (Å²) in [4.78, 5) is 12.0. The first-order valence-corrected chi connectivity index (χ1v) is 6.72. The molecule has 0 saturated heterocycles. The van der Waals surface area contributed by atoms with Gasteiger partial charge in [-0.3, -0.25) is 0 Å². The summed E-state index contributed by atoms with van der Waals surface area (Å²) in [6.07, 6.45) is 0. The highest BCUT2D eigenvalue weighted by atomic mass is 16.4. The molecule has 1 atom stereocenters. The number of benzene rings is 2. The van der Waals surface area contributed by atoms with E-state index < -0.39 is 5.97 Å². The third-order valence-electron chi connectivity index (χ3n) is 3.32. The Bertz CT molecular complexity index is 573. The lowest BCUT2D eigenvalue weighted by molar-refractivity contribution is -0.907. The number of quaternary nitrogens is 1. The average molecular weight is 269 g/mol. The number of rotatable bonds is 5. The minimum atomic E-state index is -1.13. The van der Waals surface area contributed by atoms with Gasteiger partial charge in [0, 0.05) is 11.1 Å². The maximum Gasteiger partial charge on any atom is 0.103 e. The predicted octanol–water partition coefficient (Wildman–Crippen LogP) is 0.573. The summed E-state index contributed by atoms with van der Waals surface area (Å²) in [5.41, 5.74) is 3.92. The smallest absolute Gasteiger partial charge is 0.103 e. The summed E-state index contributed by atoms with van der Waals surface area (Å²) >= 11 is 0. The molecule has 0 radical (unpaired) electrons. The lowest BCUT2D eigenvalue weighted by Crippen LogP contribution is -3.06. The summed E-state index contributed by atoms with van der Waals surface area (Å²) in [7, 11) is 2.13. The van der Waals surface area contributed by atoms with Crippen LogP contribution in [0.25, 0.3) is 0 Å². The molecule has 0 aliphatic heterocycles. The Balaban J connectivity index is 1.95. The van der Waals surface area contributed by atoms with Crippen LogP contribution in [0, 0.1) is 6.92 Å². The summed E-state index contributed by atoms with van der Waals surface area (Å²) in [6, 6.07) is 15.5. The Labute approximate surface area is 119 Å². The van der Waals surface area contributed by atoms with E-state index in [0.29, 0.717) is 0 Å². The highest BCUT2D eigenvalue weighted by Crippen LogP contribution is 2.04. The molecule has 0 heterocycles. The van der Waals surface area contributed by atoms with Crippen LogP contribution in [0.1, 0.15) is 27.0 Å². The second kappa shape index (κ2) is 6.35. The predicted molar refractivity (Wildman–Crippen MR) is 76.2 cm³/mol. The molecule has 3 heteroatoms. The van der Waals surface area contributed by atoms with E-state index in [4.69, 9.17) is 0 Å². The van der Waals surface area contributed by atoms with Crippen molar-refractivity contribution in [3.8, 4) is 0 Å². The molecule has 0 aliphatic carbocycles. The monoisotopic (exact) mass is 269 g/mol. The number of nitrogens with one attached hydrogen (secondary N) is 1. The van der Waals surface area contributed by atoms with E-state index in [9.17, 15) is 9.90 Å². The Hall–Kier alpha value is -2.13. The molecule has 0 bridgehead atoms. The highest BCUT2D eigenvalue weighted by Gasteiger charge is 2.05. The molecule has 1 unspecified atom stereocenters. The third-order valence-corrected chi connectivity index (χ3v) is 3.32. The van der Waals surface area contributed by atoms with Gasteiger partial charge in [-0.25, -0.2) is 0 Å². The molecule has 0 aliphatic rings. The van der Waals surface area contributed by atoms with Crippen LogP contribution in [0.2, 0.25) is 0 Å². The molecule has 2 aromatic rings. The lowest BCUT2D eigenvalue weighted by Gasteiger charge is -2.14. The van der Waals surface area contributed by atoms with Crippen LogP contribution in [-0.2, 0) is 13.1 Å². The lowest BCUT2D eigenvalue weighted by atomic mass is 10.1. The normalized spacial score (nSPS) is 12.1. The summed E-state index contributed by atoms with van der Waals surface area (Å²) in [6.45, 7) is 3.89. The number of carboxylic acid groups (broad SMARTS) is 1. The first kappa shape index (κ1) is 14.3. The third kappa shape index (κ3) is 3.93. The van der Waals surface area contributed by atoms with Gasteiger partial charge in [0.2, 0.25) is 0 Å². The van der Waals surface area contributed by atoms with Crippen molar-refractivity contribution in [1.29, 1.82) is 0 Å². The number of hydrogen-bond acceptors (Lipinski definition) is 2. The fraction of sp³-hybridized carbons (Fsp3) is 0.235. The zero-order valence-electron chi connectivity index (χ0n) is 11.8. The van der Waals surface area contributed by atoms with Gasteiger partial charge >= 0.3 is 0 Å². The van der Waals surface area contributed by atoms with E-state index in [2.05, 4.69) is 38.2 Å². The van der Waals surface area contributed by atoms with E-state index in [0.717, 1.165) is 18.7 Å². The van der Waals surface area contributed by atoms with Crippen molar-refractivity contribution in [2.24, 2.45) is 0 Å². The molecule has 2 rings (SSSR count). The van der Waals surface area contributed by atoms with Gasteiger partial charge in [-0.05, 0) is 12.5 Å². The van der Waals surface area contributed by atoms with Crippen LogP contribution in [0.15, 0.2) is 48.5 Å². The van der Waals surface area contributed by atoms with Crippen molar-refractivity contribution in [1.82, 2.24) is 0 Å². The van der Waals surface area contributed by atoms with Crippen LogP contribution < -0.4 is 10.0 Å². The first-order valence-electron chi connectivity index (χ1n) is 6.72. The molecule has 1 N–H and O–H groups in total. The van der Waals surface area contributed by atoms with Gasteiger partial charge in [0.1, 0.15) is 13.1 Å². The molecule has 0 saturated carbocycles. The molecule has 0 spiro atoms. The van der Waals surface area contributed by atoms with E-state index >= 15 is 0 Å². The van der Waals surface area contributed by atoms with Crippen LogP contribution >= 0.6 is 0 Å². The summed E-state index contributed by atoms with van der Waals surface area (Å²) in [5.74, 6) is -1.13. The van der Waals surface area contributed by atoms with Gasteiger partial charge in [0.25, 0.3) is 0 Å². The van der Waals surface area contributed by atoms with Crippen molar-refractivity contribution in [3.63, 3.8) is 0 Å². The first-order chi connectivity index (χ1) is 9.54. The minimum absolute atomic E-state index is 0.227.